The van der Waals surface area contributed by atoms with Gasteiger partial charge in [0.05, 0.1) is 0 Å². The number of hydrogen-bond acceptors (Lipinski definition) is 1. The molecular weight excluding hydrogens is 439 g/mol. The van der Waals surface area contributed by atoms with E-state index in [1.807, 2.05) is 0 Å². The van der Waals surface area contributed by atoms with E-state index < -0.39 is 19.2 Å². The van der Waals surface area contributed by atoms with E-state index in [1.54, 1.807) is 0 Å². The van der Waals surface area contributed by atoms with Crippen LogP contribution in [0.3, 0.4) is 0 Å². The van der Waals surface area contributed by atoms with Gasteiger partial charge in [0.2, 0.25) is 0 Å². The molecule has 0 spiro atoms. The van der Waals surface area contributed by atoms with Crippen LogP contribution in [-0.4, -0.2) is 19.2 Å². The normalized spacial score (nSPS) is 11.2. The van der Waals surface area contributed by atoms with E-state index in [-0.39, 0.29) is 5.41 Å². The van der Waals surface area contributed by atoms with Crippen LogP contribution < -0.4 is 0 Å². The Morgan fingerprint density at radius 2 is 1.00 bits per heavy atom. The molecular formula is C24H25SSn. The Morgan fingerprint density at radius 3 is 1.38 bits per heavy atom. The van der Waals surface area contributed by atoms with Crippen molar-refractivity contribution in [3.05, 3.63) is 108 Å². The second-order valence-corrected chi connectivity index (χ2v) is 10.9. The molecule has 131 valence electrons. The summed E-state index contributed by atoms with van der Waals surface area (Å²) < 4.78 is 1.33. The van der Waals surface area contributed by atoms with Crippen LogP contribution in [0.5, 0.6) is 0 Å². The third-order valence-corrected chi connectivity index (χ3v) is 8.09. The number of hydrogen-bond donors (Lipinski definition) is 0. The fraction of sp³-hybridized carbons (Fsp3) is 0.250. The molecule has 0 unspecified atom stereocenters. The van der Waals surface area contributed by atoms with Gasteiger partial charge in [-0.05, 0) is 0 Å². The molecule has 3 aromatic carbocycles. The second-order valence-electron chi connectivity index (χ2n) is 6.71. The van der Waals surface area contributed by atoms with Gasteiger partial charge in [-0.2, -0.15) is 0 Å². The van der Waals surface area contributed by atoms with Crippen molar-refractivity contribution in [2.75, 3.05) is 0 Å². The first-order valence-corrected chi connectivity index (χ1v) is 15.3. The molecule has 0 N–H and O–H groups in total. The van der Waals surface area contributed by atoms with E-state index in [0.717, 1.165) is 6.42 Å². The van der Waals surface area contributed by atoms with Gasteiger partial charge in [-0.1, -0.05) is 0 Å². The zero-order chi connectivity index (χ0) is 18.1. The fourth-order valence-electron chi connectivity index (χ4n) is 3.87. The third-order valence-electron chi connectivity index (χ3n) is 5.13. The van der Waals surface area contributed by atoms with Gasteiger partial charge in [0.1, 0.15) is 0 Å². The van der Waals surface area contributed by atoms with Crippen LogP contribution in [0.15, 0.2) is 91.0 Å². The zero-order valence-corrected chi connectivity index (χ0v) is 18.8. The molecule has 0 amide bonds. The van der Waals surface area contributed by atoms with E-state index in [4.69, 9.17) is 9.29 Å². The van der Waals surface area contributed by atoms with Crippen LogP contribution >= 0.6 is 9.29 Å². The van der Waals surface area contributed by atoms with Crippen molar-refractivity contribution in [2.45, 2.75) is 35.5 Å². The average Bonchev–Trinajstić information content (AvgIpc) is 2.73. The Labute approximate surface area is 171 Å². The van der Waals surface area contributed by atoms with Crippen LogP contribution in [0.25, 0.3) is 0 Å². The Bertz CT molecular complexity index is 688. The minimum atomic E-state index is -0.462. The third kappa shape index (κ3) is 4.50. The summed E-state index contributed by atoms with van der Waals surface area (Å²) in [5.74, 6) is 0. The molecule has 26 heavy (non-hydrogen) atoms. The van der Waals surface area contributed by atoms with E-state index >= 15 is 0 Å². The Balaban J connectivity index is 2.07. The molecule has 0 aliphatic rings. The molecule has 2 heteroatoms. The van der Waals surface area contributed by atoms with Crippen molar-refractivity contribution >= 4 is 28.5 Å². The number of unbranched alkanes of at least 4 members (excludes halogenated alkanes) is 2. The Hall–Kier alpha value is -1.32. The van der Waals surface area contributed by atoms with Gasteiger partial charge in [0, 0.05) is 0 Å². The summed E-state index contributed by atoms with van der Waals surface area (Å²) in [4.78, 5) is 0. The van der Waals surface area contributed by atoms with Crippen molar-refractivity contribution < 1.29 is 0 Å². The van der Waals surface area contributed by atoms with E-state index in [9.17, 15) is 0 Å². The van der Waals surface area contributed by atoms with E-state index in [1.165, 1.54) is 40.4 Å². The number of rotatable bonds is 9. The molecule has 0 nitrogen and oxygen atoms in total. The molecule has 3 aromatic rings. The SMILES string of the molecule is [S]=[Sn][CH2]CCCCC(c1ccccc1)(c1ccccc1)c1ccccc1. The molecule has 0 heterocycles. The summed E-state index contributed by atoms with van der Waals surface area (Å²) in [6, 6.07) is 33.1. The molecule has 0 fully saturated rings. The van der Waals surface area contributed by atoms with Gasteiger partial charge < -0.3 is 0 Å². The molecule has 0 saturated carbocycles. The van der Waals surface area contributed by atoms with Crippen molar-refractivity contribution in [1.29, 1.82) is 0 Å². The monoisotopic (exact) mass is 465 g/mol. The minimum absolute atomic E-state index is 0.0856. The van der Waals surface area contributed by atoms with Crippen LogP contribution in [0, 0.1) is 0 Å². The summed E-state index contributed by atoms with van der Waals surface area (Å²) in [5.41, 5.74) is 4.07. The fourth-order valence-corrected chi connectivity index (χ4v) is 5.96. The van der Waals surface area contributed by atoms with Crippen molar-refractivity contribution in [2.24, 2.45) is 0 Å². The van der Waals surface area contributed by atoms with Gasteiger partial charge >= 0.3 is 172 Å². The first-order valence-electron chi connectivity index (χ1n) is 9.39. The van der Waals surface area contributed by atoms with Gasteiger partial charge in [-0.3, -0.25) is 0 Å². The predicted molar refractivity (Wildman–Crippen MR) is 116 cm³/mol. The quantitative estimate of drug-likeness (QED) is 0.190. The topological polar surface area (TPSA) is 0 Å². The van der Waals surface area contributed by atoms with Crippen molar-refractivity contribution in [3.8, 4) is 0 Å². The van der Waals surface area contributed by atoms with Gasteiger partial charge in [0.15, 0.2) is 0 Å². The Morgan fingerprint density at radius 1 is 0.577 bits per heavy atom. The van der Waals surface area contributed by atoms with Gasteiger partial charge in [0.25, 0.3) is 0 Å². The first-order chi connectivity index (χ1) is 12.9. The summed E-state index contributed by atoms with van der Waals surface area (Å²) >= 11 is -0.462. The van der Waals surface area contributed by atoms with Crippen LogP contribution in [0.4, 0.5) is 0 Å². The molecule has 0 aromatic heterocycles. The van der Waals surface area contributed by atoms with Gasteiger partial charge in [-0.25, -0.2) is 0 Å². The molecule has 0 aliphatic carbocycles. The standard InChI is InChI=1S/C24H25.S.Sn/c1-2-3-13-20-24(21-14-7-4-8-15-21,22-16-9-5-10-17-22)23-18-11-6-12-19-23;;/h4-12,14-19H,1-3,13,20H2;;. The van der Waals surface area contributed by atoms with Crippen LogP contribution in [0.2, 0.25) is 4.44 Å². The van der Waals surface area contributed by atoms with Crippen LogP contribution in [0.1, 0.15) is 42.4 Å². The maximum absolute atomic E-state index is 5.27. The predicted octanol–water partition coefficient (Wildman–Crippen LogP) is 6.82. The van der Waals surface area contributed by atoms with Crippen molar-refractivity contribution in [1.82, 2.24) is 0 Å². The van der Waals surface area contributed by atoms with Crippen LogP contribution in [-0.2, 0) is 5.41 Å². The molecule has 0 atom stereocenters. The molecule has 0 bridgehead atoms. The average molecular weight is 464 g/mol. The molecule has 0 saturated heterocycles. The molecule has 0 aliphatic heterocycles. The molecule has 1 radical (unpaired) electrons. The summed E-state index contributed by atoms with van der Waals surface area (Å²) in [6.45, 7) is 0. The first kappa shape index (κ1) is 19.4. The molecule has 3 rings (SSSR count). The van der Waals surface area contributed by atoms with Gasteiger partial charge in [-0.15, -0.1) is 0 Å². The summed E-state index contributed by atoms with van der Waals surface area (Å²) in [7, 11) is 5.27. The summed E-state index contributed by atoms with van der Waals surface area (Å²) in [6.07, 6.45) is 4.96. The zero-order valence-electron chi connectivity index (χ0n) is 15.1. The summed E-state index contributed by atoms with van der Waals surface area (Å²) in [5, 5.41) is 0. The number of benzene rings is 3. The van der Waals surface area contributed by atoms with E-state index in [2.05, 4.69) is 91.0 Å². The van der Waals surface area contributed by atoms with Crippen molar-refractivity contribution in [3.63, 3.8) is 0 Å². The Kier molecular flexibility index (Phi) is 7.57. The maximum atomic E-state index is 5.27. The van der Waals surface area contributed by atoms with E-state index in [0.29, 0.717) is 0 Å². The second kappa shape index (κ2) is 10.1.